The second kappa shape index (κ2) is 5.95. The molecule has 0 radical (unpaired) electrons. The Labute approximate surface area is 120 Å². The van der Waals surface area contributed by atoms with Gasteiger partial charge in [-0.25, -0.2) is 4.98 Å². The van der Waals surface area contributed by atoms with Crippen LogP contribution in [0.3, 0.4) is 0 Å². The van der Waals surface area contributed by atoms with Gasteiger partial charge in [0.1, 0.15) is 0 Å². The van der Waals surface area contributed by atoms with Gasteiger partial charge in [0.2, 0.25) is 0 Å². The first-order valence-electron chi connectivity index (χ1n) is 7.82. The molecule has 0 spiro atoms. The molecular formula is C15H24N4O. The molecule has 2 aliphatic rings. The Morgan fingerprint density at radius 3 is 2.75 bits per heavy atom. The molecule has 0 bridgehead atoms. The van der Waals surface area contributed by atoms with E-state index in [1.54, 1.807) is 17.0 Å². The van der Waals surface area contributed by atoms with Gasteiger partial charge in [0.05, 0.1) is 0 Å². The molecular weight excluding hydrogens is 252 g/mol. The molecule has 5 heteroatoms. The molecule has 0 amide bonds. The van der Waals surface area contributed by atoms with Crippen LogP contribution in [-0.2, 0) is 6.54 Å². The third-order valence-electron chi connectivity index (χ3n) is 4.41. The van der Waals surface area contributed by atoms with Crippen molar-refractivity contribution in [3.8, 4) is 0 Å². The van der Waals surface area contributed by atoms with Crippen molar-refractivity contribution < 1.29 is 0 Å². The van der Waals surface area contributed by atoms with E-state index in [4.69, 9.17) is 0 Å². The van der Waals surface area contributed by atoms with Crippen molar-refractivity contribution in [2.75, 3.05) is 24.5 Å². The van der Waals surface area contributed by atoms with E-state index in [0.29, 0.717) is 24.3 Å². The lowest BCUT2D eigenvalue weighted by Crippen LogP contribution is -2.41. The lowest BCUT2D eigenvalue weighted by atomic mass is 9.97. The van der Waals surface area contributed by atoms with Crippen LogP contribution in [0, 0.1) is 5.92 Å². The van der Waals surface area contributed by atoms with E-state index in [1.165, 1.54) is 25.7 Å². The molecule has 1 saturated heterocycles. The Morgan fingerprint density at radius 1 is 1.35 bits per heavy atom. The maximum absolute atomic E-state index is 12.5. The monoisotopic (exact) mass is 276 g/mol. The molecule has 0 unspecified atom stereocenters. The predicted octanol–water partition coefficient (Wildman–Crippen LogP) is 1.23. The third-order valence-corrected chi connectivity index (χ3v) is 4.41. The van der Waals surface area contributed by atoms with Crippen molar-refractivity contribution in [2.24, 2.45) is 5.92 Å². The Morgan fingerprint density at radius 2 is 2.10 bits per heavy atom. The molecule has 3 rings (SSSR count). The number of piperidine rings is 1. The molecule has 1 aromatic heterocycles. The molecule has 1 aromatic rings. The largest absolute Gasteiger partial charge is 0.349 e. The van der Waals surface area contributed by atoms with E-state index in [-0.39, 0.29) is 5.56 Å². The fourth-order valence-electron chi connectivity index (χ4n) is 3.02. The highest BCUT2D eigenvalue weighted by atomic mass is 16.1. The predicted molar refractivity (Wildman–Crippen MR) is 80.1 cm³/mol. The normalized spacial score (nSPS) is 20.1. The van der Waals surface area contributed by atoms with Gasteiger partial charge in [-0.2, -0.15) is 0 Å². The first kappa shape index (κ1) is 13.6. The van der Waals surface area contributed by atoms with Crippen LogP contribution in [0.4, 0.5) is 5.82 Å². The lowest BCUT2D eigenvalue weighted by Gasteiger charge is -2.30. The Hall–Kier alpha value is -1.36. The number of rotatable bonds is 5. The van der Waals surface area contributed by atoms with Crippen LogP contribution in [0.2, 0.25) is 0 Å². The molecule has 2 heterocycles. The van der Waals surface area contributed by atoms with Crippen molar-refractivity contribution >= 4 is 5.82 Å². The van der Waals surface area contributed by atoms with E-state index in [1.807, 2.05) is 6.92 Å². The van der Waals surface area contributed by atoms with Crippen LogP contribution in [0.1, 0.15) is 32.6 Å². The van der Waals surface area contributed by atoms with Gasteiger partial charge in [0.15, 0.2) is 5.82 Å². The van der Waals surface area contributed by atoms with Crippen LogP contribution < -0.4 is 15.8 Å². The number of nitrogens with zero attached hydrogens (tertiary/aromatic N) is 3. The summed E-state index contributed by atoms with van der Waals surface area (Å²) < 4.78 is 1.75. The zero-order valence-corrected chi connectivity index (χ0v) is 12.2. The number of anilines is 1. The van der Waals surface area contributed by atoms with Crippen LogP contribution >= 0.6 is 0 Å². The number of aromatic nitrogens is 2. The standard InChI is InChI=1S/C15H24N4O/c1-2-18-10-9-17-14(15(18)20)19(13-3-4-13)11-12-5-7-16-8-6-12/h9-10,12-13,16H,2-8,11H2,1H3. The number of hydrogen-bond acceptors (Lipinski definition) is 4. The highest BCUT2D eigenvalue weighted by molar-refractivity contribution is 5.39. The third kappa shape index (κ3) is 2.87. The van der Waals surface area contributed by atoms with Crippen molar-refractivity contribution in [3.05, 3.63) is 22.7 Å². The lowest BCUT2D eigenvalue weighted by molar-refractivity contribution is 0.371. The van der Waals surface area contributed by atoms with Crippen molar-refractivity contribution in [1.29, 1.82) is 0 Å². The SMILES string of the molecule is CCn1ccnc(N(CC2CCNCC2)C2CC2)c1=O. The first-order valence-corrected chi connectivity index (χ1v) is 7.82. The molecule has 20 heavy (non-hydrogen) atoms. The molecule has 2 fully saturated rings. The Bertz CT molecular complexity index is 503. The summed E-state index contributed by atoms with van der Waals surface area (Å²) in [5.41, 5.74) is 0.0656. The van der Waals surface area contributed by atoms with Gasteiger partial charge in [-0.05, 0) is 51.6 Å². The summed E-state index contributed by atoms with van der Waals surface area (Å²) in [7, 11) is 0. The molecule has 0 aromatic carbocycles. The van der Waals surface area contributed by atoms with Crippen LogP contribution in [0.25, 0.3) is 0 Å². The molecule has 0 atom stereocenters. The second-order valence-electron chi connectivity index (χ2n) is 5.92. The van der Waals surface area contributed by atoms with Gasteiger partial charge in [0, 0.05) is 31.5 Å². The van der Waals surface area contributed by atoms with Gasteiger partial charge < -0.3 is 14.8 Å². The summed E-state index contributed by atoms with van der Waals surface area (Å²) in [4.78, 5) is 19.1. The summed E-state index contributed by atoms with van der Waals surface area (Å²) in [6.07, 6.45) is 8.36. The van der Waals surface area contributed by atoms with Crippen LogP contribution in [0.15, 0.2) is 17.2 Å². The van der Waals surface area contributed by atoms with E-state index >= 15 is 0 Å². The van der Waals surface area contributed by atoms with E-state index in [9.17, 15) is 4.79 Å². The van der Waals surface area contributed by atoms with E-state index in [0.717, 1.165) is 19.6 Å². The molecule has 5 nitrogen and oxygen atoms in total. The van der Waals surface area contributed by atoms with E-state index < -0.39 is 0 Å². The summed E-state index contributed by atoms with van der Waals surface area (Å²) >= 11 is 0. The fraction of sp³-hybridized carbons (Fsp3) is 0.733. The van der Waals surface area contributed by atoms with Crippen molar-refractivity contribution in [3.63, 3.8) is 0 Å². The number of hydrogen-bond donors (Lipinski definition) is 1. The second-order valence-corrected chi connectivity index (χ2v) is 5.92. The average Bonchev–Trinajstić information content (AvgIpc) is 3.31. The maximum atomic E-state index is 12.5. The minimum absolute atomic E-state index is 0.0656. The molecule has 1 saturated carbocycles. The molecule has 1 aliphatic heterocycles. The van der Waals surface area contributed by atoms with Gasteiger partial charge in [0.25, 0.3) is 5.56 Å². The van der Waals surface area contributed by atoms with Crippen LogP contribution in [0.5, 0.6) is 0 Å². The highest BCUT2D eigenvalue weighted by Gasteiger charge is 2.33. The van der Waals surface area contributed by atoms with E-state index in [2.05, 4.69) is 15.2 Å². The van der Waals surface area contributed by atoms with Gasteiger partial charge >= 0.3 is 0 Å². The number of aryl methyl sites for hydroxylation is 1. The minimum Gasteiger partial charge on any atom is -0.349 e. The summed E-state index contributed by atoms with van der Waals surface area (Å²) in [6.45, 7) is 5.90. The number of nitrogens with one attached hydrogen (secondary N) is 1. The van der Waals surface area contributed by atoms with Crippen LogP contribution in [-0.4, -0.2) is 35.2 Å². The highest BCUT2D eigenvalue weighted by Crippen LogP contribution is 2.31. The maximum Gasteiger partial charge on any atom is 0.293 e. The zero-order valence-electron chi connectivity index (χ0n) is 12.2. The summed E-state index contributed by atoms with van der Waals surface area (Å²) in [5.74, 6) is 1.35. The average molecular weight is 276 g/mol. The van der Waals surface area contributed by atoms with Crippen molar-refractivity contribution in [1.82, 2.24) is 14.9 Å². The summed E-state index contributed by atoms with van der Waals surface area (Å²) in [5, 5.41) is 3.40. The van der Waals surface area contributed by atoms with Gasteiger partial charge in [-0.3, -0.25) is 4.79 Å². The quantitative estimate of drug-likeness (QED) is 0.879. The van der Waals surface area contributed by atoms with Crippen molar-refractivity contribution in [2.45, 2.75) is 45.2 Å². The minimum atomic E-state index is 0.0656. The van der Waals surface area contributed by atoms with Gasteiger partial charge in [-0.1, -0.05) is 0 Å². The molecule has 1 N–H and O–H groups in total. The zero-order chi connectivity index (χ0) is 13.9. The van der Waals surface area contributed by atoms with Gasteiger partial charge in [-0.15, -0.1) is 0 Å². The Kier molecular flexibility index (Phi) is 4.05. The first-order chi connectivity index (χ1) is 9.79. The molecule has 110 valence electrons. The fourth-order valence-corrected chi connectivity index (χ4v) is 3.02. The molecule has 1 aliphatic carbocycles. The smallest absolute Gasteiger partial charge is 0.293 e. The topological polar surface area (TPSA) is 50.2 Å². The Balaban J connectivity index is 1.81. The summed E-state index contributed by atoms with van der Waals surface area (Å²) in [6, 6.07) is 0.540.